The highest BCUT2D eigenvalue weighted by Crippen LogP contribution is 2.20. The molecule has 0 aliphatic carbocycles. The van der Waals surface area contributed by atoms with Crippen LogP contribution in [0.25, 0.3) is 0 Å². The van der Waals surface area contributed by atoms with Gasteiger partial charge < -0.3 is 10.1 Å². The minimum Gasteiger partial charge on any atom is -0.448 e. The number of aryl methyl sites for hydroxylation is 2. The molecule has 4 nitrogen and oxygen atoms in total. The maximum atomic E-state index is 12.3. The maximum Gasteiger partial charge on any atom is 0.339 e. The first kappa shape index (κ1) is 15.3. The van der Waals surface area contributed by atoms with Gasteiger partial charge in [0, 0.05) is 13.0 Å². The summed E-state index contributed by atoms with van der Waals surface area (Å²) < 4.78 is 5.26. The van der Waals surface area contributed by atoms with Crippen molar-refractivity contribution in [2.45, 2.75) is 32.9 Å². The lowest BCUT2D eigenvalue weighted by molar-refractivity contribution is -0.130. The van der Waals surface area contributed by atoms with Crippen LogP contribution >= 0.6 is 0 Å². The van der Waals surface area contributed by atoms with E-state index >= 15 is 0 Å². The maximum absolute atomic E-state index is 12.3. The predicted molar refractivity (Wildman–Crippen MR) is 87.1 cm³/mol. The van der Waals surface area contributed by atoms with Crippen molar-refractivity contribution < 1.29 is 14.3 Å². The quantitative estimate of drug-likeness (QED) is 0.887. The van der Waals surface area contributed by atoms with Gasteiger partial charge in [0.1, 0.15) is 0 Å². The number of hydrogen-bond donors (Lipinski definition) is 1. The number of ether oxygens (including phenoxy) is 1. The van der Waals surface area contributed by atoms with Crippen molar-refractivity contribution in [1.82, 2.24) is 5.32 Å². The van der Waals surface area contributed by atoms with E-state index in [1.54, 1.807) is 12.1 Å². The Labute approximate surface area is 135 Å². The zero-order valence-corrected chi connectivity index (χ0v) is 13.3. The second-order valence-corrected chi connectivity index (χ2v) is 5.90. The van der Waals surface area contributed by atoms with Crippen molar-refractivity contribution in [1.29, 1.82) is 0 Å². The van der Waals surface area contributed by atoms with Crippen molar-refractivity contribution >= 4 is 11.9 Å². The van der Waals surface area contributed by atoms with Gasteiger partial charge in [-0.1, -0.05) is 42.0 Å². The fraction of sp³-hybridized carbons (Fsp3) is 0.263. The zero-order chi connectivity index (χ0) is 16.4. The average Bonchev–Trinajstić information content (AvgIpc) is 2.53. The third-order valence-corrected chi connectivity index (χ3v) is 4.14. The summed E-state index contributed by atoms with van der Waals surface area (Å²) in [7, 11) is 0. The molecule has 1 amide bonds. The second-order valence-electron chi connectivity index (χ2n) is 5.90. The molecule has 0 fully saturated rings. The molecule has 1 atom stereocenters. The Bertz CT molecular complexity index is 767. The minimum atomic E-state index is -0.761. The number of esters is 1. The first-order valence-corrected chi connectivity index (χ1v) is 7.67. The second kappa shape index (κ2) is 6.24. The summed E-state index contributed by atoms with van der Waals surface area (Å²) in [5.74, 6) is -0.689. The van der Waals surface area contributed by atoms with Crippen LogP contribution < -0.4 is 5.32 Å². The Kier molecular flexibility index (Phi) is 4.15. The summed E-state index contributed by atoms with van der Waals surface area (Å²) in [6.07, 6.45) is -0.344. The number of carbonyl (C=O) groups excluding carboxylic acids is 2. The SMILES string of the molecule is Cc1ccc(CNC(=O)C2Cc3ccccc3C(=O)O2)c(C)c1. The molecule has 2 aromatic rings. The van der Waals surface area contributed by atoms with Crippen molar-refractivity contribution in [2.75, 3.05) is 0 Å². The van der Waals surface area contributed by atoms with Crippen LogP contribution in [-0.2, 0) is 22.5 Å². The molecule has 1 unspecified atom stereocenters. The summed E-state index contributed by atoms with van der Waals surface area (Å²) in [6.45, 7) is 4.49. The molecule has 0 radical (unpaired) electrons. The molecule has 0 spiro atoms. The van der Waals surface area contributed by atoms with Crippen LogP contribution in [0.4, 0.5) is 0 Å². The van der Waals surface area contributed by atoms with E-state index in [9.17, 15) is 9.59 Å². The largest absolute Gasteiger partial charge is 0.448 e. The Hall–Kier alpha value is -2.62. The van der Waals surface area contributed by atoms with Crippen LogP contribution in [0.2, 0.25) is 0 Å². The molecule has 0 saturated carbocycles. The Morgan fingerprint density at radius 1 is 1.22 bits per heavy atom. The van der Waals surface area contributed by atoms with Crippen molar-refractivity contribution in [3.05, 3.63) is 70.3 Å². The topological polar surface area (TPSA) is 55.4 Å². The van der Waals surface area contributed by atoms with Gasteiger partial charge in [-0.05, 0) is 36.6 Å². The van der Waals surface area contributed by atoms with Crippen molar-refractivity contribution in [3.63, 3.8) is 0 Å². The Morgan fingerprint density at radius 2 is 2.00 bits per heavy atom. The first-order valence-electron chi connectivity index (χ1n) is 7.67. The molecule has 23 heavy (non-hydrogen) atoms. The van der Waals surface area contributed by atoms with Gasteiger partial charge in [-0.2, -0.15) is 0 Å². The number of hydrogen-bond acceptors (Lipinski definition) is 3. The van der Waals surface area contributed by atoms with Gasteiger partial charge in [0.2, 0.25) is 0 Å². The van der Waals surface area contributed by atoms with Gasteiger partial charge in [0.15, 0.2) is 6.10 Å². The van der Waals surface area contributed by atoms with E-state index in [4.69, 9.17) is 4.74 Å². The summed E-state index contributed by atoms with van der Waals surface area (Å²) in [6, 6.07) is 13.3. The van der Waals surface area contributed by atoms with Gasteiger partial charge in [-0.25, -0.2) is 4.79 Å². The van der Waals surface area contributed by atoms with Gasteiger partial charge in [-0.15, -0.1) is 0 Å². The number of rotatable bonds is 3. The number of fused-ring (bicyclic) bond motifs is 1. The number of nitrogens with one attached hydrogen (secondary N) is 1. The van der Waals surface area contributed by atoms with E-state index in [0.717, 1.165) is 16.7 Å². The Morgan fingerprint density at radius 3 is 2.78 bits per heavy atom. The zero-order valence-electron chi connectivity index (χ0n) is 13.3. The normalized spacial score (nSPS) is 16.4. The van der Waals surface area contributed by atoms with Crippen LogP contribution in [0.1, 0.15) is 32.6 Å². The standard InChI is InChI=1S/C19H19NO3/c1-12-7-8-15(13(2)9-12)11-20-18(21)17-10-14-5-3-4-6-16(14)19(22)23-17/h3-9,17H,10-11H2,1-2H3,(H,20,21). The van der Waals surface area contributed by atoms with Crippen LogP contribution in [-0.4, -0.2) is 18.0 Å². The highest BCUT2D eigenvalue weighted by Gasteiger charge is 2.30. The molecule has 1 heterocycles. The molecule has 1 N–H and O–H groups in total. The molecule has 118 valence electrons. The third kappa shape index (κ3) is 3.26. The van der Waals surface area contributed by atoms with Crippen molar-refractivity contribution in [2.24, 2.45) is 0 Å². The van der Waals surface area contributed by atoms with Crippen LogP contribution in [0.3, 0.4) is 0 Å². The molecule has 0 saturated heterocycles. The van der Waals surface area contributed by atoms with E-state index in [0.29, 0.717) is 18.5 Å². The molecular formula is C19H19NO3. The number of carbonyl (C=O) groups is 2. The van der Waals surface area contributed by atoms with Gasteiger partial charge in [-0.3, -0.25) is 4.79 Å². The molecule has 4 heteroatoms. The lowest BCUT2D eigenvalue weighted by atomic mass is 9.98. The van der Waals surface area contributed by atoms with Gasteiger partial charge in [0.05, 0.1) is 5.56 Å². The predicted octanol–water partition coefficient (Wildman–Crippen LogP) is 2.70. The highest BCUT2D eigenvalue weighted by molar-refractivity contribution is 5.95. The highest BCUT2D eigenvalue weighted by atomic mass is 16.5. The molecular weight excluding hydrogens is 290 g/mol. The number of amides is 1. The Balaban J connectivity index is 1.66. The van der Waals surface area contributed by atoms with Gasteiger partial charge in [0.25, 0.3) is 5.91 Å². The van der Waals surface area contributed by atoms with E-state index < -0.39 is 12.1 Å². The molecule has 1 aliphatic rings. The lowest BCUT2D eigenvalue weighted by Gasteiger charge is -2.24. The van der Waals surface area contributed by atoms with Crippen LogP contribution in [0.15, 0.2) is 42.5 Å². The summed E-state index contributed by atoms with van der Waals surface area (Å²) >= 11 is 0. The summed E-state index contributed by atoms with van der Waals surface area (Å²) in [4.78, 5) is 24.3. The van der Waals surface area contributed by atoms with E-state index in [-0.39, 0.29) is 5.91 Å². The van der Waals surface area contributed by atoms with E-state index in [1.807, 2.05) is 38.1 Å². The lowest BCUT2D eigenvalue weighted by Crippen LogP contribution is -2.41. The summed E-state index contributed by atoms with van der Waals surface area (Å²) in [5.41, 5.74) is 4.79. The smallest absolute Gasteiger partial charge is 0.339 e. The fourth-order valence-corrected chi connectivity index (χ4v) is 2.82. The van der Waals surface area contributed by atoms with Crippen LogP contribution in [0, 0.1) is 13.8 Å². The average molecular weight is 309 g/mol. The molecule has 0 bridgehead atoms. The van der Waals surface area contributed by atoms with E-state index in [1.165, 1.54) is 5.56 Å². The van der Waals surface area contributed by atoms with E-state index in [2.05, 4.69) is 11.4 Å². The fourth-order valence-electron chi connectivity index (χ4n) is 2.82. The number of cyclic esters (lactones) is 1. The number of benzene rings is 2. The third-order valence-electron chi connectivity index (χ3n) is 4.14. The summed E-state index contributed by atoms with van der Waals surface area (Å²) in [5, 5.41) is 2.86. The monoisotopic (exact) mass is 309 g/mol. The van der Waals surface area contributed by atoms with Crippen molar-refractivity contribution in [3.8, 4) is 0 Å². The van der Waals surface area contributed by atoms with Crippen LogP contribution in [0.5, 0.6) is 0 Å². The minimum absolute atomic E-state index is 0.257. The molecule has 3 rings (SSSR count). The molecule has 0 aromatic heterocycles. The van der Waals surface area contributed by atoms with Gasteiger partial charge >= 0.3 is 5.97 Å². The molecule has 2 aromatic carbocycles. The molecule has 1 aliphatic heterocycles. The first-order chi connectivity index (χ1) is 11.0.